The van der Waals surface area contributed by atoms with Gasteiger partial charge in [0.2, 0.25) is 5.91 Å². The van der Waals surface area contributed by atoms with Crippen LogP contribution in [-0.4, -0.2) is 59.2 Å². The number of likely N-dealkylation sites (N-methyl/N-ethyl adjacent to an activating group) is 1. The molecule has 21 heavy (non-hydrogen) atoms. The average molecular weight is 292 g/mol. The molecule has 1 aliphatic rings. The van der Waals surface area contributed by atoms with Gasteiger partial charge in [0.25, 0.3) is 0 Å². The fraction of sp³-hybridized carbons (Fsp3) is 0.625. The van der Waals surface area contributed by atoms with E-state index in [-0.39, 0.29) is 5.91 Å². The van der Waals surface area contributed by atoms with Crippen molar-refractivity contribution >= 4 is 5.91 Å². The standard InChI is InChI=1S/C14H22N4O.C2H6/c1-12-9-15-18(10-12)13-6-8-17(11-13)14(19)5-4-7-16(2)3;1-2/h4-5,9-10,13H,6-8,11H2,1-3H3;1-2H3/b5-4+;. The molecule has 5 nitrogen and oxygen atoms in total. The highest BCUT2D eigenvalue weighted by atomic mass is 16.2. The summed E-state index contributed by atoms with van der Waals surface area (Å²) < 4.78 is 1.98. The van der Waals surface area contributed by atoms with Gasteiger partial charge in [-0.15, -0.1) is 0 Å². The number of nitrogens with zero attached hydrogens (tertiary/aromatic N) is 4. The van der Waals surface area contributed by atoms with Crippen LogP contribution in [0.1, 0.15) is 31.9 Å². The predicted octanol–water partition coefficient (Wildman–Crippen LogP) is 2.11. The van der Waals surface area contributed by atoms with Crippen LogP contribution in [0.4, 0.5) is 0 Å². The molecule has 0 aromatic carbocycles. The second-order valence-electron chi connectivity index (χ2n) is 5.39. The molecule has 1 atom stereocenters. The lowest BCUT2D eigenvalue weighted by Crippen LogP contribution is -2.27. The molecule has 0 saturated carbocycles. The second-order valence-corrected chi connectivity index (χ2v) is 5.39. The Labute approximate surface area is 128 Å². The van der Waals surface area contributed by atoms with Crippen molar-refractivity contribution in [3.05, 3.63) is 30.1 Å². The predicted molar refractivity (Wildman–Crippen MR) is 86.2 cm³/mol. The summed E-state index contributed by atoms with van der Waals surface area (Å²) in [6.07, 6.45) is 8.47. The van der Waals surface area contributed by atoms with Crippen molar-refractivity contribution in [3.8, 4) is 0 Å². The molecule has 0 aliphatic carbocycles. The van der Waals surface area contributed by atoms with E-state index >= 15 is 0 Å². The molecule has 1 aliphatic heterocycles. The highest BCUT2D eigenvalue weighted by Gasteiger charge is 2.26. The van der Waals surface area contributed by atoms with Crippen molar-refractivity contribution in [1.29, 1.82) is 0 Å². The Balaban J connectivity index is 0.00000106. The molecule has 1 fully saturated rings. The summed E-state index contributed by atoms with van der Waals surface area (Å²) in [5, 5.41) is 4.33. The van der Waals surface area contributed by atoms with Gasteiger partial charge in [-0.25, -0.2) is 0 Å². The van der Waals surface area contributed by atoms with E-state index in [1.54, 1.807) is 6.08 Å². The van der Waals surface area contributed by atoms with Gasteiger partial charge < -0.3 is 9.80 Å². The molecule has 0 radical (unpaired) electrons. The van der Waals surface area contributed by atoms with Crippen molar-refractivity contribution in [2.75, 3.05) is 33.7 Å². The van der Waals surface area contributed by atoms with E-state index in [9.17, 15) is 4.79 Å². The summed E-state index contributed by atoms with van der Waals surface area (Å²) in [5.74, 6) is 0.105. The molecule has 0 N–H and O–H groups in total. The number of amides is 1. The number of hydrogen-bond acceptors (Lipinski definition) is 3. The molecule has 1 aromatic rings. The van der Waals surface area contributed by atoms with Gasteiger partial charge in [-0.05, 0) is 33.0 Å². The van der Waals surface area contributed by atoms with E-state index < -0.39 is 0 Å². The highest BCUT2D eigenvalue weighted by molar-refractivity contribution is 5.87. The van der Waals surface area contributed by atoms with E-state index in [1.807, 2.05) is 67.8 Å². The number of carbonyl (C=O) groups is 1. The highest BCUT2D eigenvalue weighted by Crippen LogP contribution is 2.21. The van der Waals surface area contributed by atoms with Crippen LogP contribution in [0.25, 0.3) is 0 Å². The molecular formula is C16H28N4O. The lowest BCUT2D eigenvalue weighted by atomic mass is 10.3. The number of likely N-dealkylation sites (tertiary alicyclic amines) is 1. The van der Waals surface area contributed by atoms with Crippen LogP contribution >= 0.6 is 0 Å². The maximum atomic E-state index is 12.0. The second kappa shape index (κ2) is 8.62. The summed E-state index contributed by atoms with van der Waals surface area (Å²) in [6.45, 7) is 8.40. The molecule has 118 valence electrons. The zero-order valence-corrected chi connectivity index (χ0v) is 13.9. The molecule has 1 amide bonds. The fourth-order valence-corrected chi connectivity index (χ4v) is 2.26. The minimum absolute atomic E-state index is 0.105. The number of rotatable bonds is 4. The molecule has 2 rings (SSSR count). The molecular weight excluding hydrogens is 264 g/mol. The molecule has 5 heteroatoms. The van der Waals surface area contributed by atoms with Crippen LogP contribution in [-0.2, 0) is 4.79 Å². The lowest BCUT2D eigenvalue weighted by molar-refractivity contribution is -0.125. The van der Waals surface area contributed by atoms with E-state index in [4.69, 9.17) is 0 Å². The molecule has 1 unspecified atom stereocenters. The van der Waals surface area contributed by atoms with E-state index in [0.29, 0.717) is 6.04 Å². The van der Waals surface area contributed by atoms with Gasteiger partial charge in [0, 0.05) is 31.9 Å². The van der Waals surface area contributed by atoms with Gasteiger partial charge in [-0.3, -0.25) is 9.48 Å². The van der Waals surface area contributed by atoms with E-state index in [2.05, 4.69) is 5.10 Å². The molecule has 1 saturated heterocycles. The molecule has 0 spiro atoms. The quantitative estimate of drug-likeness (QED) is 0.798. The van der Waals surface area contributed by atoms with Crippen LogP contribution in [0, 0.1) is 6.92 Å². The third kappa shape index (κ3) is 5.34. The van der Waals surface area contributed by atoms with Crippen molar-refractivity contribution in [2.45, 2.75) is 33.2 Å². The summed E-state index contributed by atoms with van der Waals surface area (Å²) in [4.78, 5) is 15.9. The van der Waals surface area contributed by atoms with E-state index in [0.717, 1.165) is 31.6 Å². The Morgan fingerprint density at radius 1 is 1.48 bits per heavy atom. The zero-order valence-electron chi connectivity index (χ0n) is 13.9. The number of aromatic nitrogens is 2. The van der Waals surface area contributed by atoms with Crippen molar-refractivity contribution in [1.82, 2.24) is 19.6 Å². The number of aryl methyl sites for hydroxylation is 1. The number of carbonyl (C=O) groups excluding carboxylic acids is 1. The smallest absolute Gasteiger partial charge is 0.246 e. The van der Waals surface area contributed by atoms with Gasteiger partial charge in [-0.1, -0.05) is 19.9 Å². The maximum Gasteiger partial charge on any atom is 0.246 e. The van der Waals surface area contributed by atoms with E-state index in [1.165, 1.54) is 0 Å². The first-order valence-corrected chi connectivity index (χ1v) is 7.67. The van der Waals surface area contributed by atoms with Crippen LogP contribution in [0.5, 0.6) is 0 Å². The third-order valence-corrected chi connectivity index (χ3v) is 3.31. The maximum absolute atomic E-state index is 12.0. The molecule has 2 heterocycles. The van der Waals surface area contributed by atoms with Crippen molar-refractivity contribution in [3.63, 3.8) is 0 Å². The van der Waals surface area contributed by atoms with Gasteiger partial charge in [0.15, 0.2) is 0 Å². The van der Waals surface area contributed by atoms with Crippen LogP contribution in [0.2, 0.25) is 0 Å². The Morgan fingerprint density at radius 3 is 2.76 bits per heavy atom. The summed E-state index contributed by atoms with van der Waals surface area (Å²) in [6, 6.07) is 0.319. The van der Waals surface area contributed by atoms with Gasteiger partial charge in [0.1, 0.15) is 0 Å². The summed E-state index contributed by atoms with van der Waals surface area (Å²) in [7, 11) is 3.97. The van der Waals surface area contributed by atoms with Crippen molar-refractivity contribution in [2.24, 2.45) is 0 Å². The minimum atomic E-state index is 0.105. The summed E-state index contributed by atoms with van der Waals surface area (Å²) in [5.41, 5.74) is 1.16. The monoisotopic (exact) mass is 292 g/mol. The first-order chi connectivity index (χ1) is 10.1. The number of hydrogen-bond donors (Lipinski definition) is 0. The van der Waals surface area contributed by atoms with Gasteiger partial charge in [0.05, 0.1) is 12.2 Å². The summed E-state index contributed by atoms with van der Waals surface area (Å²) >= 11 is 0. The SMILES string of the molecule is CC.Cc1cnn(C2CCN(C(=O)/C=C/CN(C)C)C2)c1. The van der Waals surface area contributed by atoms with Gasteiger partial charge in [-0.2, -0.15) is 5.10 Å². The van der Waals surface area contributed by atoms with Crippen LogP contribution < -0.4 is 0 Å². The topological polar surface area (TPSA) is 41.4 Å². The van der Waals surface area contributed by atoms with Gasteiger partial charge >= 0.3 is 0 Å². The fourth-order valence-electron chi connectivity index (χ4n) is 2.26. The van der Waals surface area contributed by atoms with Crippen LogP contribution in [0.15, 0.2) is 24.5 Å². The van der Waals surface area contributed by atoms with Crippen LogP contribution in [0.3, 0.4) is 0 Å². The Hall–Kier alpha value is -1.62. The Kier molecular flexibility index (Phi) is 7.15. The lowest BCUT2D eigenvalue weighted by Gasteiger charge is -2.14. The zero-order chi connectivity index (χ0) is 15.8. The molecule has 1 aromatic heterocycles. The van der Waals surface area contributed by atoms with Crippen molar-refractivity contribution < 1.29 is 4.79 Å². The molecule has 0 bridgehead atoms. The first-order valence-electron chi connectivity index (χ1n) is 7.67. The minimum Gasteiger partial charge on any atom is -0.337 e. The third-order valence-electron chi connectivity index (χ3n) is 3.31. The average Bonchev–Trinajstić information content (AvgIpc) is 3.09. The normalized spacial score (nSPS) is 18.2. The Bertz CT molecular complexity index is 465. The largest absolute Gasteiger partial charge is 0.337 e. The Morgan fingerprint density at radius 2 is 2.19 bits per heavy atom. The first kappa shape index (κ1) is 17.4.